The van der Waals surface area contributed by atoms with E-state index in [1.54, 1.807) is 30.3 Å². The number of benzene rings is 1. The van der Waals surface area contributed by atoms with Gasteiger partial charge in [0, 0.05) is 6.20 Å². The fourth-order valence-corrected chi connectivity index (χ4v) is 1.93. The van der Waals surface area contributed by atoms with Crippen LogP contribution in [0.25, 0.3) is 0 Å². The lowest BCUT2D eigenvalue weighted by Crippen LogP contribution is -2.22. The van der Waals surface area contributed by atoms with Gasteiger partial charge in [-0.1, -0.05) is 40.9 Å². The zero-order valence-corrected chi connectivity index (χ0v) is 12.4. The van der Waals surface area contributed by atoms with Crippen LogP contribution < -0.4 is 10.6 Å². The molecule has 1 aromatic heterocycles. The topological polar surface area (TPSA) is 54.0 Å². The lowest BCUT2D eigenvalue weighted by molar-refractivity contribution is -0.114. The maximum Gasteiger partial charge on any atom is 0.244 e. The van der Waals surface area contributed by atoms with Crippen molar-refractivity contribution >= 4 is 52.2 Å². The Morgan fingerprint density at radius 2 is 1.95 bits per heavy atom. The SMILES string of the molecule is O=C(CNc1cccc(Cl)c1Cl)Nc1ccc(Cl)cn1. The molecule has 2 N–H and O–H groups in total. The van der Waals surface area contributed by atoms with Crippen LogP contribution in [0.5, 0.6) is 0 Å². The summed E-state index contributed by atoms with van der Waals surface area (Å²) in [5.41, 5.74) is 0.596. The average Bonchev–Trinajstić information content (AvgIpc) is 2.43. The molecule has 0 bridgehead atoms. The minimum absolute atomic E-state index is 0.0460. The van der Waals surface area contributed by atoms with Crippen LogP contribution in [0.2, 0.25) is 15.1 Å². The van der Waals surface area contributed by atoms with Gasteiger partial charge in [-0.15, -0.1) is 0 Å². The Kier molecular flexibility index (Phi) is 5.06. The van der Waals surface area contributed by atoms with E-state index in [1.165, 1.54) is 6.20 Å². The summed E-state index contributed by atoms with van der Waals surface area (Å²) in [7, 11) is 0. The number of hydrogen-bond acceptors (Lipinski definition) is 3. The Bertz CT molecular complexity index is 617. The van der Waals surface area contributed by atoms with E-state index >= 15 is 0 Å². The fraction of sp³-hybridized carbons (Fsp3) is 0.0769. The number of hydrogen-bond donors (Lipinski definition) is 2. The van der Waals surface area contributed by atoms with Gasteiger partial charge < -0.3 is 10.6 Å². The molecule has 4 nitrogen and oxygen atoms in total. The van der Waals surface area contributed by atoms with E-state index in [4.69, 9.17) is 34.8 Å². The molecule has 2 aromatic rings. The summed E-state index contributed by atoms with van der Waals surface area (Å²) in [4.78, 5) is 15.7. The minimum Gasteiger partial charge on any atom is -0.375 e. The van der Waals surface area contributed by atoms with Crippen LogP contribution in [0, 0.1) is 0 Å². The molecule has 0 saturated heterocycles. The van der Waals surface area contributed by atoms with Gasteiger partial charge in [-0.25, -0.2) is 4.98 Å². The van der Waals surface area contributed by atoms with E-state index in [2.05, 4.69) is 15.6 Å². The molecule has 0 spiro atoms. The maximum atomic E-state index is 11.7. The number of halogens is 3. The van der Waals surface area contributed by atoms with Crippen LogP contribution in [0.1, 0.15) is 0 Å². The van der Waals surface area contributed by atoms with Gasteiger partial charge in [0.15, 0.2) is 0 Å². The molecule has 0 fully saturated rings. The Balaban J connectivity index is 1.92. The van der Waals surface area contributed by atoms with E-state index in [-0.39, 0.29) is 12.5 Å². The van der Waals surface area contributed by atoms with Crippen LogP contribution in [-0.4, -0.2) is 17.4 Å². The van der Waals surface area contributed by atoms with Crippen molar-refractivity contribution in [1.29, 1.82) is 0 Å². The number of carbonyl (C=O) groups is 1. The molecule has 1 heterocycles. The van der Waals surface area contributed by atoms with Gasteiger partial charge in [0.25, 0.3) is 0 Å². The summed E-state index contributed by atoms with van der Waals surface area (Å²) in [6, 6.07) is 8.42. The average molecular weight is 331 g/mol. The number of amides is 1. The van der Waals surface area contributed by atoms with E-state index in [9.17, 15) is 4.79 Å². The highest BCUT2D eigenvalue weighted by atomic mass is 35.5. The first kappa shape index (κ1) is 14.9. The Labute approximate surface area is 131 Å². The van der Waals surface area contributed by atoms with Gasteiger partial charge >= 0.3 is 0 Å². The van der Waals surface area contributed by atoms with Crippen molar-refractivity contribution in [2.24, 2.45) is 0 Å². The summed E-state index contributed by atoms with van der Waals surface area (Å²) in [5, 5.41) is 6.84. The quantitative estimate of drug-likeness (QED) is 0.887. The number of carbonyl (C=O) groups excluding carboxylic acids is 1. The number of nitrogens with one attached hydrogen (secondary N) is 2. The molecule has 0 aliphatic rings. The molecule has 104 valence electrons. The molecular formula is C13H10Cl3N3O. The fourth-order valence-electron chi connectivity index (χ4n) is 1.45. The number of anilines is 2. The van der Waals surface area contributed by atoms with Gasteiger partial charge in [0.1, 0.15) is 5.82 Å². The lowest BCUT2D eigenvalue weighted by atomic mass is 10.3. The lowest BCUT2D eigenvalue weighted by Gasteiger charge is -2.09. The summed E-state index contributed by atoms with van der Waals surface area (Å²) >= 11 is 17.6. The molecule has 20 heavy (non-hydrogen) atoms. The second kappa shape index (κ2) is 6.79. The monoisotopic (exact) mass is 329 g/mol. The molecule has 0 aliphatic carbocycles. The van der Waals surface area contributed by atoms with Crippen LogP contribution in [0.3, 0.4) is 0 Å². The Hall–Kier alpha value is -1.49. The van der Waals surface area contributed by atoms with Crippen molar-refractivity contribution in [3.63, 3.8) is 0 Å². The van der Waals surface area contributed by atoms with Gasteiger partial charge in [-0.05, 0) is 24.3 Å². The number of nitrogens with zero attached hydrogens (tertiary/aromatic N) is 1. The second-order valence-corrected chi connectivity index (χ2v) is 5.09. The van der Waals surface area contributed by atoms with E-state index < -0.39 is 0 Å². The molecule has 0 saturated carbocycles. The van der Waals surface area contributed by atoms with Crippen molar-refractivity contribution in [3.05, 3.63) is 51.6 Å². The van der Waals surface area contributed by atoms with E-state index in [0.717, 1.165) is 0 Å². The van der Waals surface area contributed by atoms with Gasteiger partial charge in [0.2, 0.25) is 5.91 Å². The molecule has 0 radical (unpaired) electrons. The van der Waals surface area contributed by atoms with E-state index in [1.807, 2.05) is 0 Å². The third kappa shape index (κ3) is 4.00. The van der Waals surface area contributed by atoms with Crippen LogP contribution in [0.15, 0.2) is 36.5 Å². The molecule has 7 heteroatoms. The zero-order valence-electron chi connectivity index (χ0n) is 10.2. The molecule has 1 aromatic carbocycles. The van der Waals surface area contributed by atoms with Crippen molar-refractivity contribution < 1.29 is 4.79 Å². The van der Waals surface area contributed by atoms with Crippen molar-refractivity contribution in [2.45, 2.75) is 0 Å². The predicted octanol–water partition coefficient (Wildman–Crippen LogP) is 4.09. The first-order valence-electron chi connectivity index (χ1n) is 5.65. The molecular weight excluding hydrogens is 321 g/mol. The highest BCUT2D eigenvalue weighted by molar-refractivity contribution is 6.43. The second-order valence-electron chi connectivity index (χ2n) is 3.86. The Morgan fingerprint density at radius 3 is 2.65 bits per heavy atom. The first-order chi connectivity index (χ1) is 9.56. The van der Waals surface area contributed by atoms with Crippen molar-refractivity contribution in [3.8, 4) is 0 Å². The predicted molar refractivity (Wildman–Crippen MR) is 82.8 cm³/mol. The number of rotatable bonds is 4. The van der Waals surface area contributed by atoms with Crippen LogP contribution >= 0.6 is 34.8 Å². The van der Waals surface area contributed by atoms with Crippen molar-refractivity contribution in [1.82, 2.24) is 4.98 Å². The van der Waals surface area contributed by atoms with Crippen LogP contribution in [-0.2, 0) is 4.79 Å². The van der Waals surface area contributed by atoms with E-state index in [0.29, 0.717) is 26.6 Å². The highest BCUT2D eigenvalue weighted by Crippen LogP contribution is 2.29. The summed E-state index contributed by atoms with van der Waals surface area (Å²) in [6.07, 6.45) is 1.46. The Morgan fingerprint density at radius 1 is 1.15 bits per heavy atom. The third-order valence-electron chi connectivity index (χ3n) is 2.39. The molecule has 0 atom stereocenters. The number of aromatic nitrogens is 1. The largest absolute Gasteiger partial charge is 0.375 e. The molecule has 0 unspecified atom stereocenters. The summed E-state index contributed by atoms with van der Waals surface area (Å²) < 4.78 is 0. The standard InChI is InChI=1S/C13H10Cl3N3O/c14-8-4-5-11(18-6-8)19-12(20)7-17-10-3-1-2-9(15)13(10)16/h1-6,17H,7H2,(H,18,19,20). The third-order valence-corrected chi connectivity index (χ3v) is 3.43. The van der Waals surface area contributed by atoms with Gasteiger partial charge in [0.05, 0.1) is 27.3 Å². The normalized spacial score (nSPS) is 10.2. The summed E-state index contributed by atoms with van der Waals surface area (Å²) in [5.74, 6) is 0.175. The van der Waals surface area contributed by atoms with Crippen LogP contribution in [0.4, 0.5) is 11.5 Å². The maximum absolute atomic E-state index is 11.7. The molecule has 0 aliphatic heterocycles. The smallest absolute Gasteiger partial charge is 0.244 e. The van der Waals surface area contributed by atoms with Gasteiger partial charge in [-0.3, -0.25) is 4.79 Å². The minimum atomic E-state index is -0.254. The van der Waals surface area contributed by atoms with Crippen molar-refractivity contribution in [2.75, 3.05) is 17.2 Å². The summed E-state index contributed by atoms with van der Waals surface area (Å²) in [6.45, 7) is 0.0460. The van der Waals surface area contributed by atoms with Gasteiger partial charge in [-0.2, -0.15) is 0 Å². The zero-order chi connectivity index (χ0) is 14.5. The molecule has 2 rings (SSSR count). The molecule has 1 amide bonds. The first-order valence-corrected chi connectivity index (χ1v) is 6.79. The highest BCUT2D eigenvalue weighted by Gasteiger charge is 2.07. The number of pyridine rings is 1.